The lowest BCUT2D eigenvalue weighted by Crippen LogP contribution is -2.39. The highest BCUT2D eigenvalue weighted by molar-refractivity contribution is 7.89. The van der Waals surface area contributed by atoms with Gasteiger partial charge in [-0.15, -0.1) is 0 Å². The summed E-state index contributed by atoms with van der Waals surface area (Å²) in [5.74, 6) is 1.10. The molecule has 0 aromatic rings. The molecule has 1 spiro atoms. The molecule has 4 heteroatoms. The van der Waals surface area contributed by atoms with Gasteiger partial charge in [0.25, 0.3) is 0 Å². The highest BCUT2D eigenvalue weighted by Gasteiger charge is 2.68. The molecule has 80 valence electrons. The molecule has 2 bridgehead atoms. The van der Waals surface area contributed by atoms with Crippen molar-refractivity contribution in [2.24, 2.45) is 16.7 Å². The molecular formula is C10H17NO2S. The fourth-order valence-corrected chi connectivity index (χ4v) is 6.42. The van der Waals surface area contributed by atoms with Crippen molar-refractivity contribution >= 4 is 10.0 Å². The van der Waals surface area contributed by atoms with Crippen LogP contribution in [0.1, 0.15) is 33.1 Å². The molecule has 0 aromatic carbocycles. The van der Waals surface area contributed by atoms with Crippen LogP contribution in [-0.4, -0.2) is 20.2 Å². The third-order valence-electron chi connectivity index (χ3n) is 5.20. The summed E-state index contributed by atoms with van der Waals surface area (Å²) in [5.41, 5.74) is 0.269. The predicted octanol–water partition coefficient (Wildman–Crippen LogP) is 1.11. The second kappa shape index (κ2) is 2.19. The van der Waals surface area contributed by atoms with Crippen molar-refractivity contribution in [3.8, 4) is 0 Å². The van der Waals surface area contributed by atoms with Crippen molar-refractivity contribution in [1.29, 1.82) is 0 Å². The Morgan fingerprint density at radius 1 is 1.36 bits per heavy atom. The van der Waals surface area contributed by atoms with Gasteiger partial charge in [0.2, 0.25) is 10.0 Å². The molecule has 1 saturated heterocycles. The number of fused-ring (bicyclic) bond motifs is 1. The Hall–Kier alpha value is -0.0900. The van der Waals surface area contributed by atoms with Crippen LogP contribution in [0.3, 0.4) is 0 Å². The zero-order chi connectivity index (χ0) is 10.2. The number of hydrogen-bond acceptors (Lipinski definition) is 2. The molecule has 0 radical (unpaired) electrons. The maximum atomic E-state index is 11.6. The first-order chi connectivity index (χ1) is 6.37. The van der Waals surface area contributed by atoms with Gasteiger partial charge < -0.3 is 0 Å². The van der Waals surface area contributed by atoms with Gasteiger partial charge in [0.15, 0.2) is 0 Å². The number of hydrogen-bond donors (Lipinski definition) is 1. The first kappa shape index (κ1) is 9.16. The number of nitrogens with one attached hydrogen (secondary N) is 1. The van der Waals surface area contributed by atoms with Crippen molar-refractivity contribution in [3.63, 3.8) is 0 Å². The van der Waals surface area contributed by atoms with Crippen LogP contribution in [0, 0.1) is 16.7 Å². The van der Waals surface area contributed by atoms with E-state index < -0.39 is 10.0 Å². The summed E-state index contributed by atoms with van der Waals surface area (Å²) in [7, 11) is -2.97. The summed E-state index contributed by atoms with van der Waals surface area (Å²) in [5, 5.41) is 0. The van der Waals surface area contributed by atoms with E-state index in [1.807, 2.05) is 0 Å². The SMILES string of the molecule is CC1(C)C2CC[C@]13CS(=O)(=O)N[C@@H]3C2. The normalized spacial score (nSPS) is 52.1. The fourth-order valence-electron chi connectivity index (χ4n) is 4.18. The van der Waals surface area contributed by atoms with Crippen LogP contribution in [0.15, 0.2) is 0 Å². The first-order valence-corrected chi connectivity index (χ1v) is 7.03. The van der Waals surface area contributed by atoms with E-state index in [0.29, 0.717) is 5.75 Å². The van der Waals surface area contributed by atoms with Gasteiger partial charge in [-0.3, -0.25) is 0 Å². The summed E-state index contributed by atoms with van der Waals surface area (Å²) in [6.07, 6.45) is 3.38. The summed E-state index contributed by atoms with van der Waals surface area (Å²) >= 11 is 0. The monoisotopic (exact) mass is 215 g/mol. The van der Waals surface area contributed by atoms with E-state index >= 15 is 0 Å². The zero-order valence-electron chi connectivity index (χ0n) is 8.71. The molecule has 1 N–H and O–H groups in total. The summed E-state index contributed by atoms with van der Waals surface area (Å²) in [6.45, 7) is 4.51. The molecule has 14 heavy (non-hydrogen) atoms. The van der Waals surface area contributed by atoms with Crippen LogP contribution < -0.4 is 4.72 Å². The molecule has 3 nitrogen and oxygen atoms in total. The first-order valence-electron chi connectivity index (χ1n) is 5.37. The van der Waals surface area contributed by atoms with E-state index in [2.05, 4.69) is 18.6 Å². The van der Waals surface area contributed by atoms with Crippen molar-refractivity contribution in [3.05, 3.63) is 0 Å². The minimum Gasteiger partial charge on any atom is -0.212 e. The number of sulfonamides is 1. The lowest BCUT2D eigenvalue weighted by Gasteiger charge is -2.36. The Morgan fingerprint density at radius 2 is 2.07 bits per heavy atom. The molecule has 1 heterocycles. The second-order valence-electron chi connectivity index (χ2n) is 5.78. The summed E-state index contributed by atoms with van der Waals surface area (Å²) in [6, 6.07) is 0.237. The Labute approximate surface area is 85.3 Å². The van der Waals surface area contributed by atoms with Crippen molar-refractivity contribution in [1.82, 2.24) is 4.72 Å². The topological polar surface area (TPSA) is 46.2 Å². The quantitative estimate of drug-likeness (QED) is 0.658. The molecule has 1 aliphatic heterocycles. The van der Waals surface area contributed by atoms with E-state index in [-0.39, 0.29) is 16.9 Å². The molecule has 0 aromatic heterocycles. The zero-order valence-corrected chi connectivity index (χ0v) is 9.52. The van der Waals surface area contributed by atoms with E-state index in [1.54, 1.807) is 0 Å². The third-order valence-corrected chi connectivity index (χ3v) is 6.74. The minimum absolute atomic E-state index is 0.0521. The van der Waals surface area contributed by atoms with Crippen molar-refractivity contribution in [2.75, 3.05) is 5.75 Å². The van der Waals surface area contributed by atoms with Crippen LogP contribution in [0.25, 0.3) is 0 Å². The van der Waals surface area contributed by atoms with Gasteiger partial charge in [-0.2, -0.15) is 0 Å². The average molecular weight is 215 g/mol. The molecule has 1 unspecified atom stereocenters. The molecule has 2 aliphatic carbocycles. The third kappa shape index (κ3) is 0.807. The Kier molecular flexibility index (Phi) is 1.43. The van der Waals surface area contributed by atoms with E-state index in [4.69, 9.17) is 0 Å². The van der Waals surface area contributed by atoms with Gasteiger partial charge in [-0.05, 0) is 30.6 Å². The molecule has 2 saturated carbocycles. The van der Waals surface area contributed by atoms with Gasteiger partial charge in [0.1, 0.15) is 0 Å². The van der Waals surface area contributed by atoms with Gasteiger partial charge in [0, 0.05) is 11.5 Å². The molecule has 3 aliphatic rings. The average Bonchev–Trinajstić information content (AvgIpc) is 2.50. The minimum atomic E-state index is -2.97. The van der Waals surface area contributed by atoms with Crippen molar-refractivity contribution in [2.45, 2.75) is 39.2 Å². The predicted molar refractivity (Wildman–Crippen MR) is 54.3 cm³/mol. The van der Waals surface area contributed by atoms with E-state index in [0.717, 1.165) is 18.8 Å². The molecule has 3 fully saturated rings. The highest BCUT2D eigenvalue weighted by atomic mass is 32.2. The van der Waals surface area contributed by atoms with Crippen LogP contribution in [0.5, 0.6) is 0 Å². The highest BCUT2D eigenvalue weighted by Crippen LogP contribution is 2.67. The Balaban J connectivity index is 2.13. The standard InChI is InChI=1S/C10H17NO2S/c1-9(2)7-3-4-10(9)6-14(12,13)11-8(10)5-7/h7-8,11H,3-6H2,1-2H3/t7?,8-,10-/m1/s1. The maximum absolute atomic E-state index is 11.6. The summed E-state index contributed by atoms with van der Waals surface area (Å²) < 4.78 is 26.0. The maximum Gasteiger partial charge on any atom is 0.212 e. The van der Waals surface area contributed by atoms with Crippen LogP contribution in [0.4, 0.5) is 0 Å². The molecular weight excluding hydrogens is 198 g/mol. The molecule has 0 amide bonds. The summed E-state index contributed by atoms with van der Waals surface area (Å²) in [4.78, 5) is 0. The molecule has 3 atom stereocenters. The van der Waals surface area contributed by atoms with Gasteiger partial charge in [0.05, 0.1) is 5.75 Å². The van der Waals surface area contributed by atoms with Gasteiger partial charge in [-0.1, -0.05) is 13.8 Å². The Morgan fingerprint density at radius 3 is 2.64 bits per heavy atom. The van der Waals surface area contributed by atoms with E-state index in [9.17, 15) is 8.42 Å². The lowest BCUT2D eigenvalue weighted by molar-refractivity contribution is 0.146. The molecule has 3 rings (SSSR count). The van der Waals surface area contributed by atoms with Crippen molar-refractivity contribution < 1.29 is 8.42 Å². The van der Waals surface area contributed by atoms with Crippen LogP contribution in [0.2, 0.25) is 0 Å². The lowest BCUT2D eigenvalue weighted by atomic mass is 9.69. The van der Waals surface area contributed by atoms with Crippen LogP contribution in [-0.2, 0) is 10.0 Å². The van der Waals surface area contributed by atoms with E-state index in [1.165, 1.54) is 6.42 Å². The second-order valence-corrected chi connectivity index (χ2v) is 7.53. The largest absolute Gasteiger partial charge is 0.212 e. The van der Waals surface area contributed by atoms with Crippen LogP contribution >= 0.6 is 0 Å². The van der Waals surface area contributed by atoms with Gasteiger partial charge in [-0.25, -0.2) is 13.1 Å². The smallest absolute Gasteiger partial charge is 0.212 e. The number of rotatable bonds is 0. The fraction of sp³-hybridized carbons (Fsp3) is 1.00. The Bertz CT molecular complexity index is 387. The van der Waals surface area contributed by atoms with Gasteiger partial charge >= 0.3 is 0 Å².